The van der Waals surface area contributed by atoms with E-state index in [1.54, 1.807) is 0 Å². The lowest BCUT2D eigenvalue weighted by Gasteiger charge is -2.39. The van der Waals surface area contributed by atoms with Crippen LogP contribution in [0, 0.1) is 0 Å². The van der Waals surface area contributed by atoms with E-state index in [2.05, 4.69) is 49.4 Å². The third-order valence-electron chi connectivity index (χ3n) is 4.57. The van der Waals surface area contributed by atoms with Crippen LogP contribution in [0.25, 0.3) is 11.1 Å². The molecule has 4 rings (SSSR count). The minimum Gasteiger partial charge on any atom is -0.247 e. The summed E-state index contributed by atoms with van der Waals surface area (Å²) in [6.07, 6.45) is 3.96. The monoisotopic (exact) mass is 234 g/mol. The van der Waals surface area contributed by atoms with Gasteiger partial charge in [0.15, 0.2) is 0 Å². The Labute approximate surface area is 108 Å². The van der Waals surface area contributed by atoms with Crippen molar-refractivity contribution in [3.8, 4) is 11.1 Å². The number of hydrogen-bond acceptors (Lipinski definition) is 0. The fraction of sp³-hybridized carbons (Fsp3) is 0.294. The van der Waals surface area contributed by atoms with Crippen molar-refractivity contribution in [3.05, 3.63) is 48.0 Å². The molecule has 1 heterocycles. The van der Waals surface area contributed by atoms with E-state index in [0.29, 0.717) is 5.41 Å². The molecule has 1 radical (unpaired) electrons. The Hall–Kier alpha value is -1.76. The molecule has 0 atom stereocenters. The zero-order valence-electron chi connectivity index (χ0n) is 10.6. The second kappa shape index (κ2) is 3.38. The average molecular weight is 234 g/mol. The van der Waals surface area contributed by atoms with Gasteiger partial charge in [-0.2, -0.15) is 0 Å². The lowest BCUT2D eigenvalue weighted by Crippen LogP contribution is -2.30. The van der Waals surface area contributed by atoms with Gasteiger partial charge in [-0.3, -0.25) is 0 Å². The molecule has 1 heteroatoms. The van der Waals surface area contributed by atoms with Crippen LogP contribution < -0.4 is 5.32 Å². The molecule has 1 saturated carbocycles. The van der Waals surface area contributed by atoms with Crippen molar-refractivity contribution < 1.29 is 0 Å². The van der Waals surface area contributed by atoms with Crippen molar-refractivity contribution in [1.29, 1.82) is 0 Å². The maximum atomic E-state index is 4.86. The predicted octanol–water partition coefficient (Wildman–Crippen LogP) is 4.68. The summed E-state index contributed by atoms with van der Waals surface area (Å²) in [5.74, 6) is 0. The largest absolute Gasteiger partial charge is 0.247 e. The molecule has 2 aromatic carbocycles. The second-order valence-corrected chi connectivity index (χ2v) is 5.74. The summed E-state index contributed by atoms with van der Waals surface area (Å²) in [5.41, 5.74) is 6.76. The zero-order valence-corrected chi connectivity index (χ0v) is 10.6. The SMILES string of the molecule is CC1(c2cccc3c2[N]c2ccccc2-3)CCC1. The highest BCUT2D eigenvalue weighted by atomic mass is 14.9. The molecule has 2 aliphatic rings. The van der Waals surface area contributed by atoms with E-state index < -0.39 is 0 Å². The Kier molecular flexibility index (Phi) is 1.91. The third-order valence-corrected chi connectivity index (χ3v) is 4.57. The summed E-state index contributed by atoms with van der Waals surface area (Å²) < 4.78 is 0. The van der Waals surface area contributed by atoms with Crippen molar-refractivity contribution in [1.82, 2.24) is 5.32 Å². The molecule has 2 aromatic rings. The van der Waals surface area contributed by atoms with Crippen molar-refractivity contribution in [3.63, 3.8) is 0 Å². The van der Waals surface area contributed by atoms with Crippen molar-refractivity contribution in [2.24, 2.45) is 0 Å². The van der Waals surface area contributed by atoms with Gasteiger partial charge in [0.2, 0.25) is 0 Å². The fourth-order valence-corrected chi connectivity index (χ4v) is 3.26. The van der Waals surface area contributed by atoms with Gasteiger partial charge >= 0.3 is 0 Å². The Morgan fingerprint density at radius 3 is 2.50 bits per heavy atom. The van der Waals surface area contributed by atoms with Crippen LogP contribution in [0.3, 0.4) is 0 Å². The van der Waals surface area contributed by atoms with E-state index in [1.165, 1.54) is 41.6 Å². The maximum absolute atomic E-state index is 4.86. The molecule has 1 aliphatic carbocycles. The number of rotatable bonds is 1. The highest BCUT2D eigenvalue weighted by Gasteiger charge is 2.37. The fourth-order valence-electron chi connectivity index (χ4n) is 3.26. The molecule has 0 unspecified atom stereocenters. The highest BCUT2D eigenvalue weighted by molar-refractivity contribution is 5.92. The Balaban J connectivity index is 1.92. The smallest absolute Gasteiger partial charge is 0.0753 e. The minimum absolute atomic E-state index is 0.358. The molecule has 0 spiro atoms. The van der Waals surface area contributed by atoms with Gasteiger partial charge in [0.25, 0.3) is 0 Å². The van der Waals surface area contributed by atoms with Gasteiger partial charge in [0.05, 0.1) is 11.4 Å². The Morgan fingerprint density at radius 1 is 0.944 bits per heavy atom. The topological polar surface area (TPSA) is 14.1 Å². The number of hydrogen-bond donors (Lipinski definition) is 0. The van der Waals surface area contributed by atoms with Gasteiger partial charge in [0.1, 0.15) is 0 Å². The number of benzene rings is 2. The van der Waals surface area contributed by atoms with Crippen LogP contribution in [0.2, 0.25) is 0 Å². The molecule has 89 valence electrons. The molecular formula is C17H16N. The zero-order chi connectivity index (χ0) is 12.2. The van der Waals surface area contributed by atoms with Gasteiger partial charge < -0.3 is 0 Å². The van der Waals surface area contributed by atoms with Crippen LogP contribution in [0.1, 0.15) is 31.7 Å². The van der Waals surface area contributed by atoms with E-state index in [4.69, 9.17) is 5.32 Å². The molecular weight excluding hydrogens is 218 g/mol. The van der Waals surface area contributed by atoms with E-state index in [-0.39, 0.29) is 0 Å². The van der Waals surface area contributed by atoms with Gasteiger partial charge in [-0.25, -0.2) is 5.32 Å². The van der Waals surface area contributed by atoms with Gasteiger partial charge in [0, 0.05) is 11.1 Å². The summed E-state index contributed by atoms with van der Waals surface area (Å²) in [6.45, 7) is 2.38. The van der Waals surface area contributed by atoms with Gasteiger partial charge in [-0.1, -0.05) is 49.7 Å². The normalized spacial score (nSPS) is 18.5. The van der Waals surface area contributed by atoms with Crippen LogP contribution in [0.5, 0.6) is 0 Å². The molecule has 1 fully saturated rings. The highest BCUT2D eigenvalue weighted by Crippen LogP contribution is 2.52. The molecule has 0 aromatic heterocycles. The van der Waals surface area contributed by atoms with Crippen LogP contribution in [-0.4, -0.2) is 0 Å². The first-order chi connectivity index (χ1) is 8.78. The molecule has 0 N–H and O–H groups in total. The Bertz CT molecular complexity index is 623. The van der Waals surface area contributed by atoms with Crippen LogP contribution >= 0.6 is 0 Å². The lowest BCUT2D eigenvalue weighted by atomic mass is 9.65. The summed E-state index contributed by atoms with van der Waals surface area (Å²) in [5, 5.41) is 4.86. The summed E-state index contributed by atoms with van der Waals surface area (Å²) in [6, 6.07) is 15.1. The first kappa shape index (κ1) is 10.2. The number of fused-ring (bicyclic) bond motifs is 3. The number of para-hydroxylation sites is 2. The van der Waals surface area contributed by atoms with E-state index in [0.717, 1.165) is 5.69 Å². The second-order valence-electron chi connectivity index (χ2n) is 5.74. The number of nitrogens with zero attached hydrogens (tertiary/aromatic N) is 1. The molecule has 0 amide bonds. The summed E-state index contributed by atoms with van der Waals surface area (Å²) in [4.78, 5) is 0. The average Bonchev–Trinajstić information content (AvgIpc) is 2.74. The van der Waals surface area contributed by atoms with Crippen LogP contribution in [-0.2, 0) is 5.41 Å². The molecule has 1 aliphatic heterocycles. The van der Waals surface area contributed by atoms with Crippen LogP contribution in [0.4, 0.5) is 11.4 Å². The summed E-state index contributed by atoms with van der Waals surface area (Å²) in [7, 11) is 0. The predicted molar refractivity (Wildman–Crippen MR) is 74.5 cm³/mol. The van der Waals surface area contributed by atoms with E-state index in [1.807, 2.05) is 0 Å². The minimum atomic E-state index is 0.358. The first-order valence-corrected chi connectivity index (χ1v) is 6.73. The Morgan fingerprint density at radius 2 is 1.72 bits per heavy atom. The van der Waals surface area contributed by atoms with Crippen molar-refractivity contribution in [2.75, 3.05) is 0 Å². The standard InChI is InChI=1S/C17H16N/c1-17(10-5-11-17)14-8-4-7-13-12-6-2-3-9-15(12)18-16(13)14/h2-4,6-9H,5,10-11H2,1H3. The molecule has 18 heavy (non-hydrogen) atoms. The molecule has 0 saturated heterocycles. The molecule has 1 nitrogen and oxygen atoms in total. The maximum Gasteiger partial charge on any atom is 0.0753 e. The van der Waals surface area contributed by atoms with Crippen molar-refractivity contribution in [2.45, 2.75) is 31.6 Å². The van der Waals surface area contributed by atoms with E-state index in [9.17, 15) is 0 Å². The van der Waals surface area contributed by atoms with Gasteiger partial charge in [-0.15, -0.1) is 0 Å². The summed E-state index contributed by atoms with van der Waals surface area (Å²) >= 11 is 0. The first-order valence-electron chi connectivity index (χ1n) is 6.73. The van der Waals surface area contributed by atoms with E-state index >= 15 is 0 Å². The lowest BCUT2D eigenvalue weighted by molar-refractivity contribution is 0.272. The third kappa shape index (κ3) is 1.22. The van der Waals surface area contributed by atoms with Gasteiger partial charge in [-0.05, 0) is 29.9 Å². The van der Waals surface area contributed by atoms with Crippen molar-refractivity contribution >= 4 is 11.4 Å². The quantitative estimate of drug-likeness (QED) is 0.580. The molecule has 0 bridgehead atoms. The van der Waals surface area contributed by atoms with Crippen LogP contribution in [0.15, 0.2) is 42.5 Å².